The summed E-state index contributed by atoms with van der Waals surface area (Å²) in [6.45, 7) is 5.48. The highest BCUT2D eigenvalue weighted by molar-refractivity contribution is 5.98. The van der Waals surface area contributed by atoms with Crippen LogP contribution in [0.4, 0.5) is 0 Å². The number of ether oxygens (including phenoxy) is 1. The van der Waals surface area contributed by atoms with Gasteiger partial charge in [0.1, 0.15) is 5.75 Å². The largest absolute Gasteiger partial charge is 0.426 e. The van der Waals surface area contributed by atoms with Gasteiger partial charge in [0.2, 0.25) is 0 Å². The van der Waals surface area contributed by atoms with E-state index < -0.39 is 5.97 Å². The van der Waals surface area contributed by atoms with E-state index >= 15 is 0 Å². The molecular formula is C16H21NO3. The zero-order valence-corrected chi connectivity index (χ0v) is 12.3. The first-order chi connectivity index (χ1) is 9.50. The van der Waals surface area contributed by atoms with Crippen molar-refractivity contribution in [3.05, 3.63) is 29.8 Å². The molecule has 0 aliphatic carbocycles. The van der Waals surface area contributed by atoms with E-state index in [4.69, 9.17) is 4.74 Å². The molecule has 4 nitrogen and oxygen atoms in total. The van der Waals surface area contributed by atoms with Crippen LogP contribution in [0.1, 0.15) is 50.4 Å². The Morgan fingerprint density at radius 3 is 2.35 bits per heavy atom. The highest BCUT2D eigenvalue weighted by atomic mass is 16.5. The van der Waals surface area contributed by atoms with E-state index in [1.54, 1.807) is 24.3 Å². The maximum absolute atomic E-state index is 12.8. The van der Waals surface area contributed by atoms with Crippen molar-refractivity contribution in [2.24, 2.45) is 0 Å². The lowest BCUT2D eigenvalue weighted by molar-refractivity contribution is -0.131. The first kappa shape index (κ1) is 14.6. The number of nitrogens with zero attached hydrogens (tertiary/aromatic N) is 1. The molecule has 1 aliphatic heterocycles. The minimum atomic E-state index is -0.412. The quantitative estimate of drug-likeness (QED) is 0.615. The smallest absolute Gasteiger partial charge is 0.308 e. The number of piperidine rings is 1. The van der Waals surface area contributed by atoms with Crippen LogP contribution < -0.4 is 4.74 Å². The third-order valence-electron chi connectivity index (χ3n) is 3.80. The van der Waals surface area contributed by atoms with Crippen molar-refractivity contribution in [2.45, 2.75) is 52.1 Å². The van der Waals surface area contributed by atoms with Crippen molar-refractivity contribution >= 4 is 11.9 Å². The average molecular weight is 275 g/mol. The SMILES string of the molecule is CC(=O)Oc1ccccc1C(=O)N1[C@H](C)CCC[C@H]1C. The molecule has 108 valence electrons. The van der Waals surface area contributed by atoms with Crippen LogP contribution in [-0.4, -0.2) is 28.9 Å². The fourth-order valence-corrected chi connectivity index (χ4v) is 2.85. The number of amides is 1. The molecule has 0 unspecified atom stereocenters. The molecule has 1 aliphatic rings. The summed E-state index contributed by atoms with van der Waals surface area (Å²) in [7, 11) is 0. The second-order valence-electron chi connectivity index (χ2n) is 5.43. The predicted molar refractivity (Wildman–Crippen MR) is 76.7 cm³/mol. The van der Waals surface area contributed by atoms with Crippen LogP contribution >= 0.6 is 0 Å². The molecule has 2 rings (SSSR count). The molecule has 0 N–H and O–H groups in total. The van der Waals surface area contributed by atoms with E-state index in [0.717, 1.165) is 19.3 Å². The van der Waals surface area contributed by atoms with Crippen molar-refractivity contribution in [3.63, 3.8) is 0 Å². The number of carbonyl (C=O) groups excluding carboxylic acids is 2. The van der Waals surface area contributed by atoms with E-state index in [0.29, 0.717) is 11.3 Å². The molecule has 0 aromatic heterocycles. The Morgan fingerprint density at radius 1 is 1.15 bits per heavy atom. The summed E-state index contributed by atoms with van der Waals surface area (Å²) in [6.07, 6.45) is 3.19. The fourth-order valence-electron chi connectivity index (χ4n) is 2.85. The maximum atomic E-state index is 12.8. The van der Waals surface area contributed by atoms with Gasteiger partial charge < -0.3 is 9.64 Å². The molecule has 0 saturated carbocycles. The molecule has 1 aromatic rings. The number of rotatable bonds is 2. The number of hydrogen-bond acceptors (Lipinski definition) is 3. The van der Waals surface area contributed by atoms with Gasteiger partial charge >= 0.3 is 5.97 Å². The first-order valence-electron chi connectivity index (χ1n) is 7.11. The van der Waals surface area contributed by atoms with Gasteiger partial charge in [-0.15, -0.1) is 0 Å². The highest BCUT2D eigenvalue weighted by Crippen LogP contribution is 2.27. The Balaban J connectivity index is 2.30. The number of para-hydroxylation sites is 1. The molecule has 0 radical (unpaired) electrons. The molecule has 1 aromatic carbocycles. The number of benzene rings is 1. The van der Waals surface area contributed by atoms with Gasteiger partial charge in [-0.05, 0) is 45.2 Å². The third kappa shape index (κ3) is 3.00. The van der Waals surface area contributed by atoms with Crippen LogP contribution in [0.25, 0.3) is 0 Å². The summed E-state index contributed by atoms with van der Waals surface area (Å²) >= 11 is 0. The summed E-state index contributed by atoms with van der Waals surface area (Å²) in [6, 6.07) is 7.37. The average Bonchev–Trinajstić information content (AvgIpc) is 2.38. The zero-order valence-electron chi connectivity index (χ0n) is 12.3. The molecule has 1 fully saturated rings. The second-order valence-corrected chi connectivity index (χ2v) is 5.43. The van der Waals surface area contributed by atoms with E-state index in [-0.39, 0.29) is 18.0 Å². The molecule has 2 atom stereocenters. The lowest BCUT2D eigenvalue weighted by Gasteiger charge is -2.39. The Hall–Kier alpha value is -1.84. The second kappa shape index (κ2) is 6.07. The van der Waals surface area contributed by atoms with Gasteiger partial charge in [-0.3, -0.25) is 9.59 Å². The van der Waals surface area contributed by atoms with Crippen molar-refractivity contribution in [1.29, 1.82) is 0 Å². The molecule has 0 spiro atoms. The van der Waals surface area contributed by atoms with Crippen LogP contribution in [0.3, 0.4) is 0 Å². The van der Waals surface area contributed by atoms with Gasteiger partial charge in [0.15, 0.2) is 0 Å². The monoisotopic (exact) mass is 275 g/mol. The van der Waals surface area contributed by atoms with Gasteiger partial charge in [-0.25, -0.2) is 0 Å². The first-order valence-corrected chi connectivity index (χ1v) is 7.11. The molecule has 1 heterocycles. The summed E-state index contributed by atoms with van der Waals surface area (Å²) in [5.41, 5.74) is 0.461. The van der Waals surface area contributed by atoms with E-state index in [1.165, 1.54) is 6.92 Å². The Bertz CT molecular complexity index is 502. The van der Waals surface area contributed by atoms with Crippen LogP contribution in [0, 0.1) is 0 Å². The van der Waals surface area contributed by atoms with E-state index in [2.05, 4.69) is 13.8 Å². The van der Waals surface area contributed by atoms with Crippen LogP contribution in [-0.2, 0) is 4.79 Å². The lowest BCUT2D eigenvalue weighted by atomic mass is 9.96. The van der Waals surface area contributed by atoms with Gasteiger partial charge in [0.25, 0.3) is 5.91 Å². The van der Waals surface area contributed by atoms with Gasteiger partial charge in [0.05, 0.1) is 5.56 Å². The Labute approximate surface area is 119 Å². The third-order valence-corrected chi connectivity index (χ3v) is 3.80. The topological polar surface area (TPSA) is 46.6 Å². The highest BCUT2D eigenvalue weighted by Gasteiger charge is 2.31. The minimum absolute atomic E-state index is 0.0541. The van der Waals surface area contributed by atoms with E-state index in [1.807, 2.05) is 4.90 Å². The van der Waals surface area contributed by atoms with Crippen molar-refractivity contribution in [2.75, 3.05) is 0 Å². The summed E-state index contributed by atoms with van der Waals surface area (Å²) in [5, 5.41) is 0. The summed E-state index contributed by atoms with van der Waals surface area (Å²) < 4.78 is 5.14. The number of hydrogen-bond donors (Lipinski definition) is 0. The van der Waals surface area contributed by atoms with Gasteiger partial charge in [-0.1, -0.05) is 12.1 Å². The zero-order chi connectivity index (χ0) is 14.7. The standard InChI is InChI=1S/C16H21NO3/c1-11-7-6-8-12(2)17(11)16(19)14-9-4-5-10-15(14)20-13(3)18/h4-5,9-12H,6-8H2,1-3H3/t11-,12-/m1/s1. The fraction of sp³-hybridized carbons (Fsp3) is 0.500. The molecular weight excluding hydrogens is 254 g/mol. The normalized spacial score (nSPS) is 22.4. The maximum Gasteiger partial charge on any atom is 0.308 e. The molecule has 20 heavy (non-hydrogen) atoms. The van der Waals surface area contributed by atoms with Gasteiger partial charge in [0, 0.05) is 19.0 Å². The molecule has 1 amide bonds. The number of esters is 1. The lowest BCUT2D eigenvalue weighted by Crippen LogP contribution is -2.47. The number of likely N-dealkylation sites (tertiary alicyclic amines) is 1. The van der Waals surface area contributed by atoms with Crippen LogP contribution in [0.15, 0.2) is 24.3 Å². The van der Waals surface area contributed by atoms with Crippen LogP contribution in [0.2, 0.25) is 0 Å². The molecule has 1 saturated heterocycles. The van der Waals surface area contributed by atoms with Crippen molar-refractivity contribution in [3.8, 4) is 5.75 Å². The van der Waals surface area contributed by atoms with Gasteiger partial charge in [-0.2, -0.15) is 0 Å². The predicted octanol–water partition coefficient (Wildman–Crippen LogP) is 3.02. The van der Waals surface area contributed by atoms with Crippen molar-refractivity contribution < 1.29 is 14.3 Å². The van der Waals surface area contributed by atoms with Crippen LogP contribution in [0.5, 0.6) is 5.75 Å². The minimum Gasteiger partial charge on any atom is -0.426 e. The Kier molecular flexibility index (Phi) is 4.42. The number of carbonyl (C=O) groups is 2. The van der Waals surface area contributed by atoms with E-state index in [9.17, 15) is 9.59 Å². The summed E-state index contributed by atoms with van der Waals surface area (Å²) in [4.78, 5) is 25.8. The molecule has 0 bridgehead atoms. The molecule has 4 heteroatoms. The Morgan fingerprint density at radius 2 is 1.75 bits per heavy atom. The summed E-state index contributed by atoms with van der Waals surface area (Å²) in [5.74, 6) is -0.124. The van der Waals surface area contributed by atoms with Crippen molar-refractivity contribution in [1.82, 2.24) is 4.90 Å².